The third-order valence-corrected chi connectivity index (χ3v) is 5.70. The molecule has 1 fully saturated rings. The molecule has 0 N–H and O–H groups in total. The van der Waals surface area contributed by atoms with Gasteiger partial charge in [-0.3, -0.25) is 24.4 Å². The van der Waals surface area contributed by atoms with Gasteiger partial charge in [0.25, 0.3) is 0 Å². The molecular formula is C22H24N2O7S. The van der Waals surface area contributed by atoms with Crippen LogP contribution in [0, 0.1) is 6.92 Å². The largest absolute Gasteiger partial charge is 0.474 e. The van der Waals surface area contributed by atoms with E-state index in [0.29, 0.717) is 5.75 Å². The highest BCUT2D eigenvalue weighted by Crippen LogP contribution is 2.34. The topological polar surface area (TPSA) is 114 Å². The van der Waals surface area contributed by atoms with Crippen LogP contribution in [0.1, 0.15) is 26.3 Å². The lowest BCUT2D eigenvalue weighted by Gasteiger charge is -2.39. The van der Waals surface area contributed by atoms with Crippen LogP contribution in [0.25, 0.3) is 11.3 Å². The van der Waals surface area contributed by atoms with Crippen molar-refractivity contribution in [2.45, 2.75) is 51.4 Å². The van der Waals surface area contributed by atoms with Crippen molar-refractivity contribution < 1.29 is 33.3 Å². The van der Waals surface area contributed by atoms with Gasteiger partial charge in [-0.05, 0) is 30.7 Å². The Labute approximate surface area is 189 Å². The average Bonchev–Trinajstić information content (AvgIpc) is 2.71. The number of nitrogens with zero attached hydrogens (tertiary/aromatic N) is 2. The van der Waals surface area contributed by atoms with E-state index in [-0.39, 0.29) is 5.75 Å². The summed E-state index contributed by atoms with van der Waals surface area (Å²) in [4.78, 5) is 43.6. The minimum absolute atomic E-state index is 0.284. The van der Waals surface area contributed by atoms with Gasteiger partial charge >= 0.3 is 17.9 Å². The maximum Gasteiger partial charge on any atom is 0.303 e. The summed E-state index contributed by atoms with van der Waals surface area (Å²) in [5.74, 6) is -0.999. The highest BCUT2D eigenvalue weighted by Gasteiger charge is 2.47. The van der Waals surface area contributed by atoms with E-state index >= 15 is 0 Å². The zero-order valence-corrected chi connectivity index (χ0v) is 19.0. The van der Waals surface area contributed by atoms with Gasteiger partial charge in [-0.15, -0.1) is 11.8 Å². The molecule has 0 aliphatic carbocycles. The zero-order valence-electron chi connectivity index (χ0n) is 18.1. The molecule has 0 radical (unpaired) electrons. The minimum Gasteiger partial charge on any atom is -0.474 e. The Bertz CT molecular complexity index is 1000. The summed E-state index contributed by atoms with van der Waals surface area (Å²) in [6.07, 6.45) is 2.12. The van der Waals surface area contributed by atoms with Gasteiger partial charge in [-0.2, -0.15) is 0 Å². The highest BCUT2D eigenvalue weighted by atomic mass is 32.2. The van der Waals surface area contributed by atoms with Crippen LogP contribution in [0.15, 0.2) is 36.8 Å². The summed E-state index contributed by atoms with van der Waals surface area (Å²) in [5, 5.41) is 0. The first-order valence-electron chi connectivity index (χ1n) is 9.91. The van der Waals surface area contributed by atoms with Gasteiger partial charge in [0.1, 0.15) is 5.75 Å². The van der Waals surface area contributed by atoms with Crippen LogP contribution in [0.2, 0.25) is 0 Å². The van der Waals surface area contributed by atoms with Crippen molar-refractivity contribution in [1.82, 2.24) is 9.97 Å². The Morgan fingerprint density at radius 1 is 0.969 bits per heavy atom. The zero-order chi connectivity index (χ0) is 23.3. The Hall–Kier alpha value is -3.14. The number of pyridine rings is 2. The molecule has 2 aromatic heterocycles. The molecule has 1 saturated heterocycles. The monoisotopic (exact) mass is 460 g/mol. The SMILES string of the molecule is CC(=O)O[C@@H]1[C@@H](OC(C)=O)[C@H](OC(C)=O)CS[C@H]1Oc1cncc(-c2cc(C)ccn2)c1. The fraction of sp³-hybridized carbons (Fsp3) is 0.409. The van der Waals surface area contributed by atoms with Gasteiger partial charge in [-0.1, -0.05) is 0 Å². The van der Waals surface area contributed by atoms with Crippen LogP contribution < -0.4 is 4.74 Å². The molecule has 10 heteroatoms. The molecule has 0 unspecified atom stereocenters. The predicted molar refractivity (Wildman–Crippen MR) is 116 cm³/mol. The molecule has 4 atom stereocenters. The van der Waals surface area contributed by atoms with Crippen molar-refractivity contribution in [3.8, 4) is 17.0 Å². The summed E-state index contributed by atoms with van der Waals surface area (Å²) >= 11 is 1.28. The van der Waals surface area contributed by atoms with Crippen molar-refractivity contribution in [2.75, 3.05) is 5.75 Å². The van der Waals surface area contributed by atoms with Crippen LogP contribution >= 0.6 is 11.8 Å². The van der Waals surface area contributed by atoms with Crippen molar-refractivity contribution in [1.29, 1.82) is 0 Å². The normalized spacial score (nSPS) is 22.5. The summed E-state index contributed by atoms with van der Waals surface area (Å²) in [6, 6.07) is 5.60. The standard InChI is InChI=1S/C22H24N2O7S/c1-12-5-6-24-18(7-12)16-8-17(10-23-9-16)31-22-21(30-15(4)27)20(29-14(3)26)19(11-32-22)28-13(2)25/h5-10,19-22H,11H2,1-4H3/t19-,20+,21-,22-/m1/s1. The quantitative estimate of drug-likeness (QED) is 0.471. The summed E-state index contributed by atoms with van der Waals surface area (Å²) in [6.45, 7) is 5.70. The van der Waals surface area contributed by atoms with Crippen LogP contribution in [0.3, 0.4) is 0 Å². The fourth-order valence-electron chi connectivity index (χ4n) is 3.26. The van der Waals surface area contributed by atoms with E-state index in [9.17, 15) is 14.4 Å². The number of carbonyl (C=O) groups excluding carboxylic acids is 3. The predicted octanol–water partition coefficient (Wildman–Crippen LogP) is 2.70. The van der Waals surface area contributed by atoms with E-state index in [0.717, 1.165) is 16.8 Å². The van der Waals surface area contributed by atoms with Crippen LogP contribution in [0.5, 0.6) is 5.75 Å². The number of carbonyl (C=O) groups is 3. The molecule has 1 aliphatic rings. The summed E-state index contributed by atoms with van der Waals surface area (Å²) in [7, 11) is 0. The second-order valence-electron chi connectivity index (χ2n) is 7.24. The summed E-state index contributed by atoms with van der Waals surface area (Å²) in [5.41, 5.74) is 1.83. The van der Waals surface area contributed by atoms with Gasteiger partial charge in [0.15, 0.2) is 23.7 Å². The molecule has 32 heavy (non-hydrogen) atoms. The first-order chi connectivity index (χ1) is 15.2. The minimum atomic E-state index is -1.01. The molecular weight excluding hydrogens is 436 g/mol. The highest BCUT2D eigenvalue weighted by molar-refractivity contribution is 7.99. The first-order valence-corrected chi connectivity index (χ1v) is 11.0. The number of ether oxygens (including phenoxy) is 4. The molecule has 2 aromatic rings. The van der Waals surface area contributed by atoms with Crippen LogP contribution in [-0.4, -0.2) is 57.4 Å². The van der Waals surface area contributed by atoms with Crippen molar-refractivity contribution in [2.24, 2.45) is 0 Å². The van der Waals surface area contributed by atoms with Gasteiger partial charge in [0.2, 0.25) is 0 Å². The van der Waals surface area contributed by atoms with E-state index in [1.807, 2.05) is 19.1 Å². The molecule has 3 rings (SSSR count). The van der Waals surface area contributed by atoms with Crippen molar-refractivity contribution >= 4 is 29.7 Å². The third kappa shape index (κ3) is 6.19. The lowest BCUT2D eigenvalue weighted by Crippen LogP contribution is -2.55. The molecule has 3 heterocycles. The number of thioether (sulfide) groups is 1. The van der Waals surface area contributed by atoms with Crippen molar-refractivity contribution in [3.05, 3.63) is 42.4 Å². The molecule has 0 amide bonds. The van der Waals surface area contributed by atoms with Gasteiger partial charge in [-0.25, -0.2) is 0 Å². The van der Waals surface area contributed by atoms with E-state index in [4.69, 9.17) is 18.9 Å². The molecule has 170 valence electrons. The van der Waals surface area contributed by atoms with Crippen molar-refractivity contribution in [3.63, 3.8) is 0 Å². The van der Waals surface area contributed by atoms with E-state index < -0.39 is 41.7 Å². The number of hydrogen-bond acceptors (Lipinski definition) is 10. The van der Waals surface area contributed by atoms with E-state index in [1.165, 1.54) is 38.7 Å². The molecule has 9 nitrogen and oxygen atoms in total. The molecule has 0 aromatic carbocycles. The number of aromatic nitrogens is 2. The molecule has 1 aliphatic heterocycles. The van der Waals surface area contributed by atoms with E-state index in [2.05, 4.69) is 9.97 Å². The third-order valence-electron chi connectivity index (χ3n) is 4.48. The number of rotatable bonds is 6. The number of hydrogen-bond donors (Lipinski definition) is 0. The maximum atomic E-state index is 11.8. The number of esters is 3. The second kappa shape index (κ2) is 10.4. The second-order valence-corrected chi connectivity index (χ2v) is 8.37. The molecule has 0 spiro atoms. The lowest BCUT2D eigenvalue weighted by atomic mass is 10.1. The number of aryl methyl sites for hydroxylation is 1. The molecule has 0 saturated carbocycles. The smallest absolute Gasteiger partial charge is 0.303 e. The van der Waals surface area contributed by atoms with Gasteiger partial charge < -0.3 is 18.9 Å². The van der Waals surface area contributed by atoms with Crippen LogP contribution in [-0.2, 0) is 28.6 Å². The Morgan fingerprint density at radius 3 is 2.31 bits per heavy atom. The maximum absolute atomic E-state index is 11.8. The Morgan fingerprint density at radius 2 is 1.66 bits per heavy atom. The summed E-state index contributed by atoms with van der Waals surface area (Å²) < 4.78 is 22.2. The van der Waals surface area contributed by atoms with Gasteiger partial charge in [0, 0.05) is 44.5 Å². The van der Waals surface area contributed by atoms with E-state index in [1.54, 1.807) is 18.5 Å². The lowest BCUT2D eigenvalue weighted by molar-refractivity contribution is -0.186. The fourth-order valence-corrected chi connectivity index (χ4v) is 4.48. The Kier molecular flexibility index (Phi) is 7.68. The molecule has 0 bridgehead atoms. The van der Waals surface area contributed by atoms with Gasteiger partial charge in [0.05, 0.1) is 11.9 Å². The Balaban J connectivity index is 1.87. The average molecular weight is 461 g/mol. The van der Waals surface area contributed by atoms with Crippen LogP contribution in [0.4, 0.5) is 0 Å². The first kappa shape index (κ1) is 23.5.